The van der Waals surface area contributed by atoms with Crippen molar-refractivity contribution in [3.8, 4) is 5.75 Å². The highest BCUT2D eigenvalue weighted by atomic mass is 19.1. The van der Waals surface area contributed by atoms with E-state index in [0.29, 0.717) is 28.8 Å². The molecule has 0 fully saturated rings. The molecule has 0 bridgehead atoms. The number of allylic oxidation sites excluding steroid dienone is 3. The number of nitrogens with zero attached hydrogens (tertiary/aromatic N) is 1. The van der Waals surface area contributed by atoms with Gasteiger partial charge >= 0.3 is 0 Å². The Morgan fingerprint density at radius 3 is 2.28 bits per heavy atom. The van der Waals surface area contributed by atoms with Crippen LogP contribution in [0.2, 0.25) is 0 Å². The van der Waals surface area contributed by atoms with Crippen LogP contribution in [0.25, 0.3) is 6.08 Å². The van der Waals surface area contributed by atoms with Crippen LogP contribution in [-0.4, -0.2) is 36.4 Å². The van der Waals surface area contributed by atoms with E-state index in [1.807, 2.05) is 12.1 Å². The molecule has 0 aliphatic rings. The van der Waals surface area contributed by atoms with Crippen molar-refractivity contribution in [3.63, 3.8) is 0 Å². The zero-order chi connectivity index (χ0) is 28.2. The first kappa shape index (κ1) is 29.3. The Hall–Kier alpha value is -4.23. The fraction of sp³-hybridized carbons (Fsp3) is 0.188. The van der Waals surface area contributed by atoms with Crippen LogP contribution in [0.15, 0.2) is 102 Å². The summed E-state index contributed by atoms with van der Waals surface area (Å²) in [7, 11) is 1.59. The van der Waals surface area contributed by atoms with Gasteiger partial charge in [-0.3, -0.25) is 9.79 Å². The van der Waals surface area contributed by atoms with Gasteiger partial charge in [-0.25, -0.2) is 13.2 Å². The predicted octanol–water partition coefficient (Wildman–Crippen LogP) is 7.03. The van der Waals surface area contributed by atoms with Crippen LogP contribution in [-0.2, 0) is 16.0 Å². The minimum atomic E-state index is -0.688. The van der Waals surface area contributed by atoms with E-state index in [1.54, 1.807) is 62.5 Å². The largest absolute Gasteiger partial charge is 0.508 e. The molecule has 0 heterocycles. The molecule has 7 heteroatoms. The van der Waals surface area contributed by atoms with Gasteiger partial charge in [0, 0.05) is 24.3 Å². The molecular weight excluding hydrogens is 503 g/mol. The first-order valence-corrected chi connectivity index (χ1v) is 12.4. The van der Waals surface area contributed by atoms with E-state index in [2.05, 4.69) is 4.99 Å². The maximum atomic E-state index is 13.6. The quantitative estimate of drug-likeness (QED) is 0.154. The van der Waals surface area contributed by atoms with Crippen LogP contribution in [0.4, 0.5) is 13.2 Å². The lowest BCUT2D eigenvalue weighted by Crippen LogP contribution is -2.22. The van der Waals surface area contributed by atoms with Crippen molar-refractivity contribution in [2.75, 3.05) is 13.7 Å². The van der Waals surface area contributed by atoms with Crippen molar-refractivity contribution in [1.82, 2.24) is 0 Å². The first-order valence-electron chi connectivity index (χ1n) is 12.4. The van der Waals surface area contributed by atoms with E-state index in [4.69, 9.17) is 4.74 Å². The SMILES string of the molecule is CN=C(/C(=C\C=C/c1cc(F)cc(F)c1)C(C)OCC(=O)/C=C\CCc1ccc(O)cc1)c1ccc(F)cc1. The van der Waals surface area contributed by atoms with Gasteiger partial charge in [-0.05, 0) is 85.5 Å². The fourth-order valence-electron chi connectivity index (χ4n) is 3.85. The number of carbonyl (C=O) groups excluding carboxylic acids is 1. The van der Waals surface area contributed by atoms with Crippen molar-refractivity contribution in [2.45, 2.75) is 25.9 Å². The monoisotopic (exact) mass is 533 g/mol. The standard InChI is InChI=1S/C32H30F3NO3/c1-22(39-21-30(38)8-4-3-6-23-10-16-29(37)17-11-23)31(32(36-2)25-12-14-26(33)15-13-25)9-5-7-24-18-27(34)20-28(35)19-24/h4-5,7-20,22,37H,3,6,21H2,1-2H3/b7-5-,8-4-,31-9-,36-32?. The molecule has 0 amide bonds. The van der Waals surface area contributed by atoms with Gasteiger partial charge in [-0.15, -0.1) is 0 Å². The van der Waals surface area contributed by atoms with E-state index < -0.39 is 17.7 Å². The molecule has 1 unspecified atom stereocenters. The summed E-state index contributed by atoms with van der Waals surface area (Å²) in [6.45, 7) is 1.59. The third-order valence-electron chi connectivity index (χ3n) is 5.82. The van der Waals surface area contributed by atoms with Crippen LogP contribution in [0.1, 0.15) is 30.0 Å². The van der Waals surface area contributed by atoms with E-state index in [9.17, 15) is 23.1 Å². The minimum Gasteiger partial charge on any atom is -0.508 e. The summed E-state index contributed by atoms with van der Waals surface area (Å²) in [5.74, 6) is -1.77. The van der Waals surface area contributed by atoms with Crippen molar-refractivity contribution < 1.29 is 27.8 Å². The summed E-state index contributed by atoms with van der Waals surface area (Å²) in [6, 6.07) is 15.9. The highest BCUT2D eigenvalue weighted by Gasteiger charge is 2.17. The number of benzene rings is 3. The van der Waals surface area contributed by atoms with Crippen molar-refractivity contribution in [3.05, 3.63) is 131 Å². The van der Waals surface area contributed by atoms with E-state index in [1.165, 1.54) is 30.3 Å². The number of aliphatic imine (C=N–C) groups is 1. The molecule has 0 aliphatic heterocycles. The molecule has 1 N–H and O–H groups in total. The Labute approximate surface area is 226 Å². The van der Waals surface area contributed by atoms with Gasteiger partial charge in [-0.2, -0.15) is 0 Å². The highest BCUT2D eigenvalue weighted by molar-refractivity contribution is 6.13. The number of ether oxygens (including phenoxy) is 1. The molecule has 3 aromatic carbocycles. The summed E-state index contributed by atoms with van der Waals surface area (Å²) < 4.78 is 46.5. The normalized spacial score (nSPS) is 13.4. The Bertz CT molecular complexity index is 1350. The number of aryl methyl sites for hydroxylation is 1. The number of hydrogen-bond donors (Lipinski definition) is 1. The molecule has 1 atom stereocenters. The minimum absolute atomic E-state index is 0.173. The Morgan fingerprint density at radius 2 is 1.64 bits per heavy atom. The van der Waals surface area contributed by atoms with Crippen LogP contribution in [0.5, 0.6) is 5.75 Å². The molecule has 4 nitrogen and oxygen atoms in total. The number of ketones is 1. The second kappa shape index (κ2) is 14.6. The average Bonchev–Trinajstić information content (AvgIpc) is 2.90. The topological polar surface area (TPSA) is 58.9 Å². The Morgan fingerprint density at radius 1 is 0.974 bits per heavy atom. The van der Waals surface area contributed by atoms with E-state index >= 15 is 0 Å². The molecule has 0 radical (unpaired) electrons. The molecule has 202 valence electrons. The maximum absolute atomic E-state index is 13.6. The molecule has 0 aromatic heterocycles. The van der Waals surface area contributed by atoms with Gasteiger partial charge in [0.25, 0.3) is 0 Å². The molecule has 0 spiro atoms. The smallest absolute Gasteiger partial charge is 0.180 e. The Kier molecular flexibility index (Phi) is 11.0. The highest BCUT2D eigenvalue weighted by Crippen LogP contribution is 2.18. The first-order chi connectivity index (χ1) is 18.7. The van der Waals surface area contributed by atoms with Crippen molar-refractivity contribution >= 4 is 17.6 Å². The summed E-state index contributed by atoms with van der Waals surface area (Å²) in [5, 5.41) is 9.36. The number of phenolic OH excluding ortho intramolecular Hbond substituents is 1. The van der Waals surface area contributed by atoms with Crippen LogP contribution in [0.3, 0.4) is 0 Å². The predicted molar refractivity (Wildman–Crippen MR) is 148 cm³/mol. The van der Waals surface area contributed by atoms with Crippen LogP contribution in [0, 0.1) is 17.5 Å². The third-order valence-corrected chi connectivity index (χ3v) is 5.82. The number of rotatable bonds is 12. The number of phenols is 1. The molecular formula is C32H30F3NO3. The van der Waals surface area contributed by atoms with Gasteiger partial charge in [-0.1, -0.05) is 36.4 Å². The van der Waals surface area contributed by atoms with Gasteiger partial charge in [0.2, 0.25) is 0 Å². The second-order valence-corrected chi connectivity index (χ2v) is 8.79. The zero-order valence-electron chi connectivity index (χ0n) is 21.8. The van der Waals surface area contributed by atoms with Crippen LogP contribution >= 0.6 is 0 Å². The summed E-state index contributed by atoms with van der Waals surface area (Å²) >= 11 is 0. The molecule has 39 heavy (non-hydrogen) atoms. The summed E-state index contributed by atoms with van der Waals surface area (Å²) in [4.78, 5) is 16.8. The molecule has 0 saturated carbocycles. The van der Waals surface area contributed by atoms with Crippen molar-refractivity contribution in [2.24, 2.45) is 4.99 Å². The van der Waals surface area contributed by atoms with Gasteiger partial charge < -0.3 is 9.84 Å². The average molecular weight is 534 g/mol. The molecule has 3 rings (SSSR count). The molecule has 0 aliphatic carbocycles. The van der Waals surface area contributed by atoms with Gasteiger partial charge in [0.15, 0.2) is 5.78 Å². The van der Waals surface area contributed by atoms with E-state index in [0.717, 1.165) is 18.1 Å². The summed E-state index contributed by atoms with van der Waals surface area (Å²) in [5.41, 5.74) is 3.15. The van der Waals surface area contributed by atoms with Gasteiger partial charge in [0.1, 0.15) is 29.8 Å². The lowest BCUT2D eigenvalue weighted by Gasteiger charge is -2.18. The lowest BCUT2D eigenvalue weighted by molar-refractivity contribution is -0.119. The molecule has 0 saturated heterocycles. The third kappa shape index (κ3) is 9.54. The Balaban J connectivity index is 1.71. The van der Waals surface area contributed by atoms with Gasteiger partial charge in [0.05, 0.1) is 11.8 Å². The molecule has 3 aromatic rings. The fourth-order valence-corrected chi connectivity index (χ4v) is 3.85. The number of hydrogen-bond acceptors (Lipinski definition) is 4. The number of aromatic hydroxyl groups is 1. The zero-order valence-corrected chi connectivity index (χ0v) is 21.8. The van der Waals surface area contributed by atoms with Crippen molar-refractivity contribution in [1.29, 1.82) is 0 Å². The number of carbonyl (C=O) groups is 1. The summed E-state index contributed by atoms with van der Waals surface area (Å²) in [6.07, 6.45) is 8.89. The lowest BCUT2D eigenvalue weighted by atomic mass is 9.97. The van der Waals surface area contributed by atoms with E-state index in [-0.39, 0.29) is 24.0 Å². The number of halogens is 3. The van der Waals surface area contributed by atoms with Crippen LogP contribution < -0.4 is 0 Å². The maximum Gasteiger partial charge on any atom is 0.180 e. The second-order valence-electron chi connectivity index (χ2n) is 8.79.